The molecule has 248 valence electrons. The minimum atomic E-state index is -4.40. The van der Waals surface area contributed by atoms with E-state index < -0.39 is 11.7 Å². The molecule has 3 fully saturated rings. The average Bonchev–Trinajstić information content (AvgIpc) is 3.80. The van der Waals surface area contributed by atoms with Crippen LogP contribution in [0.25, 0.3) is 6.08 Å². The quantitative estimate of drug-likeness (QED) is 0.265. The Hall–Kier alpha value is -3.95. The van der Waals surface area contributed by atoms with Crippen LogP contribution in [0.2, 0.25) is 0 Å². The fourth-order valence-corrected chi connectivity index (χ4v) is 6.92. The molecule has 1 amide bonds. The molecule has 2 atom stereocenters. The van der Waals surface area contributed by atoms with Gasteiger partial charge in [-0.2, -0.15) is 13.2 Å². The van der Waals surface area contributed by atoms with Crippen LogP contribution in [0.3, 0.4) is 0 Å². The summed E-state index contributed by atoms with van der Waals surface area (Å²) in [6.07, 6.45) is 12.7. The number of carbonyl (C=O) groups excluding carboxylic acids is 1. The molecule has 1 aliphatic carbocycles. The SMILES string of the molecule is C=C/C=C(\C=C1\OCOC1C)C1=Cc2c(C(=O)N3CCC[C@H]3CN3CCCC3)cc(CCc3cccc(C(F)(F)F)c3)nc2CC=C1. The van der Waals surface area contributed by atoms with Crippen LogP contribution in [-0.2, 0) is 34.9 Å². The van der Waals surface area contributed by atoms with Crippen LogP contribution >= 0.6 is 0 Å². The Balaban J connectivity index is 1.37. The lowest BCUT2D eigenvalue weighted by Gasteiger charge is -2.29. The van der Waals surface area contributed by atoms with E-state index in [-0.39, 0.29) is 24.8 Å². The van der Waals surface area contributed by atoms with Crippen molar-refractivity contribution >= 4 is 12.0 Å². The molecule has 0 N–H and O–H groups in total. The highest BCUT2D eigenvalue weighted by molar-refractivity contribution is 5.99. The lowest BCUT2D eigenvalue weighted by molar-refractivity contribution is -0.137. The molecule has 2 aromatic rings. The number of hydrogen-bond acceptors (Lipinski definition) is 5. The summed E-state index contributed by atoms with van der Waals surface area (Å²) in [6.45, 7) is 9.77. The predicted molar refractivity (Wildman–Crippen MR) is 177 cm³/mol. The molecule has 0 spiro atoms. The summed E-state index contributed by atoms with van der Waals surface area (Å²) < 4.78 is 51.4. The number of fused-ring (bicyclic) bond motifs is 1. The molecule has 9 heteroatoms. The Bertz CT molecular complexity index is 1620. The van der Waals surface area contributed by atoms with Crippen LogP contribution in [0.5, 0.6) is 0 Å². The zero-order valence-corrected chi connectivity index (χ0v) is 26.9. The van der Waals surface area contributed by atoms with Crippen molar-refractivity contribution in [2.75, 3.05) is 33.0 Å². The molecule has 4 heterocycles. The maximum atomic E-state index is 14.5. The van der Waals surface area contributed by atoms with Crippen LogP contribution in [0.15, 0.2) is 84.2 Å². The van der Waals surface area contributed by atoms with E-state index in [1.807, 2.05) is 48.3 Å². The summed E-state index contributed by atoms with van der Waals surface area (Å²) in [5.41, 5.74) is 4.51. The van der Waals surface area contributed by atoms with E-state index in [1.165, 1.54) is 25.0 Å². The molecule has 0 saturated carbocycles. The van der Waals surface area contributed by atoms with E-state index in [9.17, 15) is 18.0 Å². The van der Waals surface area contributed by atoms with Gasteiger partial charge in [-0.15, -0.1) is 0 Å². The first-order valence-electron chi connectivity index (χ1n) is 16.6. The topological polar surface area (TPSA) is 54.9 Å². The summed E-state index contributed by atoms with van der Waals surface area (Å²) in [7, 11) is 0. The van der Waals surface area contributed by atoms with Gasteiger partial charge in [0.1, 0.15) is 11.9 Å². The van der Waals surface area contributed by atoms with Gasteiger partial charge in [-0.1, -0.05) is 49.1 Å². The van der Waals surface area contributed by atoms with Crippen LogP contribution in [-0.4, -0.2) is 65.8 Å². The molecule has 1 aromatic carbocycles. The van der Waals surface area contributed by atoms with Crippen molar-refractivity contribution in [1.82, 2.24) is 14.8 Å². The second-order valence-corrected chi connectivity index (χ2v) is 12.7. The summed E-state index contributed by atoms with van der Waals surface area (Å²) in [6, 6.07) is 7.44. The van der Waals surface area contributed by atoms with Crippen molar-refractivity contribution < 1.29 is 27.4 Å². The molecule has 1 unspecified atom stereocenters. The normalized spacial score (nSPS) is 22.7. The van der Waals surface area contributed by atoms with Crippen LogP contribution in [0.1, 0.15) is 71.0 Å². The highest BCUT2D eigenvalue weighted by Crippen LogP contribution is 2.32. The van der Waals surface area contributed by atoms with E-state index in [0.29, 0.717) is 42.6 Å². The highest BCUT2D eigenvalue weighted by Gasteiger charge is 2.34. The van der Waals surface area contributed by atoms with Crippen LogP contribution in [0, 0.1) is 0 Å². The predicted octanol–water partition coefficient (Wildman–Crippen LogP) is 7.47. The summed E-state index contributed by atoms with van der Waals surface area (Å²) >= 11 is 0. The zero-order valence-electron chi connectivity index (χ0n) is 26.9. The zero-order chi connectivity index (χ0) is 33.0. The molecule has 4 aliphatic rings. The lowest BCUT2D eigenvalue weighted by Crippen LogP contribution is -2.42. The van der Waals surface area contributed by atoms with Crippen LogP contribution in [0.4, 0.5) is 13.2 Å². The Morgan fingerprint density at radius 3 is 2.70 bits per heavy atom. The molecule has 6 rings (SSSR count). The molecule has 0 radical (unpaired) electrons. The number of likely N-dealkylation sites (tertiary alicyclic amines) is 2. The fourth-order valence-electron chi connectivity index (χ4n) is 6.92. The van der Waals surface area contributed by atoms with E-state index >= 15 is 0 Å². The van der Waals surface area contributed by atoms with Crippen molar-refractivity contribution in [1.29, 1.82) is 0 Å². The van der Waals surface area contributed by atoms with Crippen molar-refractivity contribution in [2.24, 2.45) is 0 Å². The van der Waals surface area contributed by atoms with E-state index in [4.69, 9.17) is 14.5 Å². The Kier molecular flexibility index (Phi) is 10.1. The number of benzene rings is 1. The van der Waals surface area contributed by atoms with E-state index in [2.05, 4.69) is 11.5 Å². The van der Waals surface area contributed by atoms with Crippen molar-refractivity contribution in [3.8, 4) is 0 Å². The van der Waals surface area contributed by atoms with Gasteiger partial charge in [0.15, 0.2) is 6.79 Å². The fraction of sp³-hybridized carbons (Fsp3) is 0.421. The molecule has 6 nitrogen and oxygen atoms in total. The van der Waals surface area contributed by atoms with Crippen molar-refractivity contribution in [3.05, 3.63) is 118 Å². The van der Waals surface area contributed by atoms with Gasteiger partial charge < -0.3 is 19.3 Å². The molecule has 3 aliphatic heterocycles. The molecule has 3 saturated heterocycles. The summed E-state index contributed by atoms with van der Waals surface area (Å²) in [5, 5.41) is 0. The molecular formula is C38H42F3N3O3. The maximum absolute atomic E-state index is 14.5. The van der Waals surface area contributed by atoms with Gasteiger partial charge in [0, 0.05) is 36.8 Å². The Morgan fingerprint density at radius 2 is 1.96 bits per heavy atom. The number of ether oxygens (including phenoxy) is 2. The number of alkyl halides is 3. The van der Waals surface area contributed by atoms with Crippen molar-refractivity contribution in [3.63, 3.8) is 0 Å². The number of aryl methyl sites for hydroxylation is 2. The number of nitrogens with zero attached hydrogens (tertiary/aromatic N) is 3. The average molecular weight is 646 g/mol. The number of carbonyl (C=O) groups is 1. The van der Waals surface area contributed by atoms with Gasteiger partial charge in [-0.25, -0.2) is 0 Å². The Labute approximate surface area is 274 Å². The van der Waals surface area contributed by atoms with Gasteiger partial charge in [0.2, 0.25) is 0 Å². The van der Waals surface area contributed by atoms with Gasteiger partial charge in [-0.05, 0) is 99.5 Å². The van der Waals surface area contributed by atoms with E-state index in [0.717, 1.165) is 66.7 Å². The van der Waals surface area contributed by atoms with Gasteiger partial charge in [-0.3, -0.25) is 9.78 Å². The number of allylic oxidation sites excluding steroid dienone is 7. The second kappa shape index (κ2) is 14.4. The first kappa shape index (κ1) is 33.0. The first-order chi connectivity index (χ1) is 22.7. The minimum Gasteiger partial charge on any atom is -0.469 e. The summed E-state index contributed by atoms with van der Waals surface area (Å²) in [4.78, 5) is 24.0. The summed E-state index contributed by atoms with van der Waals surface area (Å²) in [5.74, 6) is 0.704. The minimum absolute atomic E-state index is 0.0167. The number of aromatic nitrogens is 1. The monoisotopic (exact) mass is 645 g/mol. The number of rotatable bonds is 9. The highest BCUT2D eigenvalue weighted by atomic mass is 19.4. The van der Waals surface area contributed by atoms with Crippen LogP contribution < -0.4 is 0 Å². The lowest BCUT2D eigenvalue weighted by atomic mass is 9.96. The number of hydrogen-bond donors (Lipinski definition) is 0. The Morgan fingerprint density at radius 1 is 1.13 bits per heavy atom. The third-order valence-corrected chi connectivity index (χ3v) is 9.43. The molecule has 1 aromatic heterocycles. The third-order valence-electron chi connectivity index (χ3n) is 9.43. The third kappa shape index (κ3) is 7.79. The first-order valence-corrected chi connectivity index (χ1v) is 16.6. The molecule has 0 bridgehead atoms. The second-order valence-electron chi connectivity index (χ2n) is 12.7. The van der Waals surface area contributed by atoms with Crippen molar-refractivity contribution in [2.45, 2.75) is 70.2 Å². The number of pyridine rings is 1. The number of amides is 1. The maximum Gasteiger partial charge on any atom is 0.416 e. The molecule has 47 heavy (non-hydrogen) atoms. The van der Waals surface area contributed by atoms with E-state index in [1.54, 1.807) is 12.1 Å². The smallest absolute Gasteiger partial charge is 0.416 e. The van der Waals surface area contributed by atoms with Gasteiger partial charge >= 0.3 is 6.18 Å². The van der Waals surface area contributed by atoms with Gasteiger partial charge in [0.25, 0.3) is 5.91 Å². The molecular weight excluding hydrogens is 603 g/mol. The van der Waals surface area contributed by atoms with Gasteiger partial charge in [0.05, 0.1) is 16.8 Å². The number of halogens is 3. The largest absolute Gasteiger partial charge is 0.469 e. The standard InChI is InChI=1S/C38H42F3N3O3/c1-3-9-28(22-36-26(2)46-25-47-36)29-11-7-14-35-33(21-29)34(37(45)44-19-8-13-32(44)24-43-17-4-5-18-43)23-31(42-35)16-15-27-10-6-12-30(20-27)38(39,40)41/h3,6-7,9-12,20-23,26,32H,1,4-5,8,13-19,24-25H2,2H3/b28-9+,36-22+/t26?,32-/m0/s1.